The van der Waals surface area contributed by atoms with Crippen LogP contribution >= 0.6 is 0 Å². The van der Waals surface area contributed by atoms with E-state index >= 15 is 0 Å². The minimum atomic E-state index is -1.58. The van der Waals surface area contributed by atoms with E-state index in [1.165, 1.54) is 11.9 Å². The van der Waals surface area contributed by atoms with Gasteiger partial charge in [0.15, 0.2) is 12.1 Å². The zero-order valence-corrected chi connectivity index (χ0v) is 41.6. The van der Waals surface area contributed by atoms with Crippen LogP contribution in [0.25, 0.3) is 6.08 Å². The molecule has 70 heavy (non-hydrogen) atoms. The number of aliphatic hydroxyl groups excluding tert-OH is 5. The predicted octanol–water partition coefficient (Wildman–Crippen LogP) is 4.68. The Bertz CT molecular complexity index is 2040. The zero-order valence-electron chi connectivity index (χ0n) is 41.6. The van der Waals surface area contributed by atoms with Crippen molar-refractivity contribution in [1.82, 2.24) is 10.2 Å². The molecule has 6 N–H and O–H groups in total. The molecule has 388 valence electrons. The molecule has 10 atom stereocenters. The molecule has 2 fully saturated rings. The molecule has 0 radical (unpaired) electrons. The third kappa shape index (κ3) is 16.0. The fourth-order valence-corrected chi connectivity index (χ4v) is 8.91. The van der Waals surface area contributed by atoms with Crippen LogP contribution in [0.4, 0.5) is 0 Å². The molecule has 17 nitrogen and oxygen atoms in total. The number of ether oxygens (including phenoxy) is 6. The molecule has 10 unspecified atom stereocenters. The lowest BCUT2D eigenvalue weighted by Gasteiger charge is -2.39. The van der Waals surface area contributed by atoms with Crippen molar-refractivity contribution in [3.05, 3.63) is 89.0 Å². The Labute approximate surface area is 412 Å². The Morgan fingerprint density at radius 2 is 1.61 bits per heavy atom. The summed E-state index contributed by atoms with van der Waals surface area (Å²) in [6.45, 7) is 8.40. The highest BCUT2D eigenvalue weighted by atomic mass is 16.8. The first-order chi connectivity index (χ1) is 33.4. The quantitative estimate of drug-likeness (QED) is 0.0585. The van der Waals surface area contributed by atoms with Crippen molar-refractivity contribution in [2.45, 2.75) is 184 Å². The molecule has 2 heterocycles. The molecule has 0 aromatic heterocycles. The van der Waals surface area contributed by atoms with Gasteiger partial charge in [-0.05, 0) is 69.4 Å². The van der Waals surface area contributed by atoms with Gasteiger partial charge < -0.3 is 64.2 Å². The van der Waals surface area contributed by atoms with Gasteiger partial charge in [0.05, 0.1) is 31.4 Å². The second kappa shape index (κ2) is 26.8. The summed E-state index contributed by atoms with van der Waals surface area (Å²) in [4.78, 5) is 57.1. The summed E-state index contributed by atoms with van der Waals surface area (Å²) in [6.07, 6.45) is 2.51. The van der Waals surface area contributed by atoms with Gasteiger partial charge in [-0.3, -0.25) is 14.4 Å². The van der Waals surface area contributed by atoms with E-state index in [1.807, 2.05) is 30.3 Å². The van der Waals surface area contributed by atoms with E-state index in [0.717, 1.165) is 44.1 Å². The van der Waals surface area contributed by atoms with Crippen molar-refractivity contribution < 1.29 is 73.1 Å². The van der Waals surface area contributed by atoms with Crippen LogP contribution in [-0.2, 0) is 49.2 Å². The minimum Gasteiger partial charge on any atom is -0.460 e. The van der Waals surface area contributed by atoms with E-state index in [9.17, 15) is 44.7 Å². The average molecular weight is 981 g/mol. The summed E-state index contributed by atoms with van der Waals surface area (Å²) < 4.78 is 36.4. The van der Waals surface area contributed by atoms with Gasteiger partial charge in [-0.1, -0.05) is 94.1 Å². The molecule has 0 bridgehead atoms. The largest absolute Gasteiger partial charge is 0.460 e. The van der Waals surface area contributed by atoms with Crippen molar-refractivity contribution in [3.8, 4) is 0 Å². The zero-order chi connectivity index (χ0) is 51.0. The third-order valence-corrected chi connectivity index (χ3v) is 12.7. The highest BCUT2D eigenvalue weighted by Crippen LogP contribution is 2.43. The normalized spacial score (nSPS) is 25.1. The van der Waals surface area contributed by atoms with Gasteiger partial charge in [0.1, 0.15) is 54.4 Å². The van der Waals surface area contributed by atoms with Crippen LogP contribution in [0, 0.1) is 0 Å². The second-order valence-electron chi connectivity index (χ2n) is 19.5. The van der Waals surface area contributed by atoms with Crippen LogP contribution in [0.1, 0.15) is 127 Å². The first kappa shape index (κ1) is 56.4. The smallest absolute Gasteiger partial charge is 0.338 e. The van der Waals surface area contributed by atoms with Crippen molar-refractivity contribution in [3.63, 3.8) is 0 Å². The highest BCUT2D eigenvalue weighted by molar-refractivity contribution is 5.97. The number of amides is 2. The molecule has 0 spiro atoms. The Hall–Kier alpha value is -4.56. The number of likely N-dealkylation sites (N-methyl/N-ethyl adjacent to an activating group) is 1. The Morgan fingerprint density at radius 1 is 0.914 bits per heavy atom. The number of carbonyl (C=O) groups excluding carboxylic acids is 4. The number of rotatable bonds is 25. The monoisotopic (exact) mass is 981 g/mol. The Morgan fingerprint density at radius 3 is 2.26 bits per heavy atom. The molecule has 2 aliphatic heterocycles. The number of unbranched alkanes of at least 4 members (excludes halogenated alkanes) is 4. The standard InChI is InChI=1S/C53H76N2O15/c1-7-9-14-25-53(26-15-10-8-2)68-41-31-37(49(63)55(6)39(29-35-18-12-11-13-19-35)48(62)54-38(32-56)23-24-43(58)69-52(3,4)5)30-40(47(41)70-53)66-50(64)36-22-16-20-34(28-36)21-17-27-65-51-46(61)45(60)44(59)42(33-57)67-51/h11-13,16-22,28,31,38-42,44-47,51,56-57,59-61H,7-10,14-15,23-27,29-30,32-33H2,1-6H3,(H,54,62). The molecule has 2 saturated heterocycles. The van der Waals surface area contributed by atoms with Crippen molar-refractivity contribution in [2.24, 2.45) is 0 Å². The van der Waals surface area contributed by atoms with E-state index in [1.54, 1.807) is 63.3 Å². The van der Waals surface area contributed by atoms with Crippen LogP contribution < -0.4 is 5.32 Å². The number of esters is 2. The van der Waals surface area contributed by atoms with Gasteiger partial charge in [-0.2, -0.15) is 0 Å². The number of fused-ring (bicyclic) bond motifs is 1. The maximum Gasteiger partial charge on any atom is 0.338 e. The molecule has 1 aliphatic carbocycles. The van der Waals surface area contributed by atoms with E-state index < -0.39 is 109 Å². The highest BCUT2D eigenvalue weighted by Gasteiger charge is 2.53. The summed E-state index contributed by atoms with van der Waals surface area (Å²) in [6, 6.07) is 14.1. The number of nitrogens with zero attached hydrogens (tertiary/aromatic N) is 1. The van der Waals surface area contributed by atoms with Gasteiger partial charge in [0, 0.05) is 44.7 Å². The maximum atomic E-state index is 14.8. The molecule has 5 rings (SSSR count). The average Bonchev–Trinajstić information content (AvgIpc) is 3.71. The van der Waals surface area contributed by atoms with Crippen molar-refractivity contribution >= 4 is 29.8 Å². The Balaban J connectivity index is 1.37. The maximum absolute atomic E-state index is 14.8. The number of nitrogens with one attached hydrogen (secondary N) is 1. The van der Waals surface area contributed by atoms with Crippen LogP contribution in [0.2, 0.25) is 0 Å². The molecule has 3 aliphatic rings. The van der Waals surface area contributed by atoms with Gasteiger partial charge >= 0.3 is 11.9 Å². The first-order valence-electron chi connectivity index (χ1n) is 24.8. The fourth-order valence-electron chi connectivity index (χ4n) is 8.91. The summed E-state index contributed by atoms with van der Waals surface area (Å²) in [5, 5.41) is 53.1. The number of carbonyl (C=O) groups is 4. The summed E-state index contributed by atoms with van der Waals surface area (Å²) in [5.74, 6) is -3.12. The van der Waals surface area contributed by atoms with E-state index in [-0.39, 0.29) is 43.4 Å². The van der Waals surface area contributed by atoms with Crippen LogP contribution in [0.3, 0.4) is 0 Å². The van der Waals surface area contributed by atoms with E-state index in [4.69, 9.17) is 28.4 Å². The molecule has 17 heteroatoms. The number of aliphatic hydroxyl groups is 5. The lowest BCUT2D eigenvalue weighted by Crippen LogP contribution is -2.59. The number of hydrogen-bond acceptors (Lipinski definition) is 15. The summed E-state index contributed by atoms with van der Waals surface area (Å²) in [7, 11) is 1.54. The molecule has 0 saturated carbocycles. The lowest BCUT2D eigenvalue weighted by molar-refractivity contribution is -0.298. The van der Waals surface area contributed by atoms with Crippen LogP contribution in [0.15, 0.2) is 72.3 Å². The van der Waals surface area contributed by atoms with Gasteiger partial charge in [-0.15, -0.1) is 0 Å². The Kier molecular flexibility index (Phi) is 21.5. The van der Waals surface area contributed by atoms with Crippen molar-refractivity contribution in [1.29, 1.82) is 0 Å². The van der Waals surface area contributed by atoms with Crippen molar-refractivity contribution in [2.75, 3.05) is 26.9 Å². The summed E-state index contributed by atoms with van der Waals surface area (Å²) in [5.41, 5.74) is 1.18. The van der Waals surface area contributed by atoms with Gasteiger partial charge in [-0.25, -0.2) is 4.79 Å². The lowest BCUT2D eigenvalue weighted by atomic mass is 9.90. The van der Waals surface area contributed by atoms with Crippen LogP contribution in [-0.4, -0.2) is 154 Å². The second-order valence-corrected chi connectivity index (χ2v) is 19.5. The van der Waals surface area contributed by atoms with Gasteiger partial charge in [0.25, 0.3) is 0 Å². The third-order valence-electron chi connectivity index (χ3n) is 12.7. The molecular formula is C53H76N2O15. The minimum absolute atomic E-state index is 0.0385. The first-order valence-corrected chi connectivity index (χ1v) is 24.8. The van der Waals surface area contributed by atoms with Crippen LogP contribution in [0.5, 0.6) is 0 Å². The van der Waals surface area contributed by atoms with E-state index in [2.05, 4.69) is 19.2 Å². The summed E-state index contributed by atoms with van der Waals surface area (Å²) >= 11 is 0. The molecule has 2 amide bonds. The number of hydrogen-bond donors (Lipinski definition) is 6. The fraction of sp³-hybridized carbons (Fsp3) is 0.623. The predicted molar refractivity (Wildman–Crippen MR) is 259 cm³/mol. The number of benzene rings is 2. The molecule has 2 aromatic rings. The van der Waals surface area contributed by atoms with Gasteiger partial charge in [0.2, 0.25) is 11.8 Å². The topological polar surface area (TPSA) is 240 Å². The molecular weight excluding hydrogens is 905 g/mol. The molecule has 2 aromatic carbocycles. The SMILES string of the molecule is CCCCCC1(CCCCC)OC2C=C(C(=O)N(C)C(Cc3ccccc3)C(=O)NC(CO)CCC(=O)OC(C)(C)C)CC(OC(=O)c3cccc(C=CCOC4OC(CO)C(O)C(O)C4O)c3)C2O1. The van der Waals surface area contributed by atoms with E-state index in [0.29, 0.717) is 18.4 Å².